The molecule has 0 saturated carbocycles. The maximum absolute atomic E-state index is 11.2. The van der Waals surface area contributed by atoms with E-state index >= 15 is 0 Å². The fourth-order valence-corrected chi connectivity index (χ4v) is 0.849. The molecular formula is C9H17NO4. The molecule has 0 aliphatic rings. The molecule has 0 fully saturated rings. The van der Waals surface area contributed by atoms with Crippen LogP contribution in [0.2, 0.25) is 0 Å². The van der Waals surface area contributed by atoms with Crippen LogP contribution in [0.5, 0.6) is 0 Å². The highest BCUT2D eigenvalue weighted by molar-refractivity contribution is 5.84. The molecule has 0 aliphatic carbocycles. The second-order valence-electron chi connectivity index (χ2n) is 4.02. The van der Waals surface area contributed by atoms with Crippen LogP contribution < -0.4 is 5.32 Å². The predicted octanol–water partition coefficient (Wildman–Crippen LogP) is -0.0157. The fourth-order valence-electron chi connectivity index (χ4n) is 0.849. The monoisotopic (exact) mass is 203 g/mol. The second kappa shape index (κ2) is 4.95. The number of amides is 1. The van der Waals surface area contributed by atoms with E-state index in [4.69, 9.17) is 10.2 Å². The maximum atomic E-state index is 11.2. The van der Waals surface area contributed by atoms with E-state index in [1.165, 1.54) is 13.8 Å². The molecule has 3 N–H and O–H groups in total. The molecule has 0 aliphatic heterocycles. The van der Waals surface area contributed by atoms with Gasteiger partial charge in [-0.05, 0) is 20.8 Å². The number of carboxylic acid groups (broad SMARTS) is 1. The first-order valence-corrected chi connectivity index (χ1v) is 4.43. The van der Waals surface area contributed by atoms with Gasteiger partial charge in [-0.2, -0.15) is 0 Å². The van der Waals surface area contributed by atoms with E-state index in [1.807, 2.05) is 0 Å². The van der Waals surface area contributed by atoms with Crippen LogP contribution in [0.4, 0.5) is 0 Å². The van der Waals surface area contributed by atoms with Crippen LogP contribution in [0.3, 0.4) is 0 Å². The highest BCUT2D eigenvalue weighted by atomic mass is 16.4. The lowest BCUT2D eigenvalue weighted by Crippen LogP contribution is -2.39. The molecule has 14 heavy (non-hydrogen) atoms. The molecule has 0 aromatic heterocycles. The SMILES string of the molecule is C[C@H](CO)NC(=O)CC(C)(C)C(=O)O. The molecule has 0 bridgehead atoms. The lowest BCUT2D eigenvalue weighted by Gasteiger charge is -2.19. The maximum Gasteiger partial charge on any atom is 0.309 e. The van der Waals surface area contributed by atoms with Crippen molar-refractivity contribution in [2.24, 2.45) is 5.41 Å². The Hall–Kier alpha value is -1.10. The van der Waals surface area contributed by atoms with E-state index < -0.39 is 11.4 Å². The van der Waals surface area contributed by atoms with Crippen molar-refractivity contribution in [2.75, 3.05) is 6.61 Å². The molecule has 0 unspecified atom stereocenters. The average molecular weight is 203 g/mol. The first-order chi connectivity index (χ1) is 6.29. The molecule has 82 valence electrons. The van der Waals surface area contributed by atoms with E-state index in [-0.39, 0.29) is 25.0 Å². The molecule has 0 radical (unpaired) electrons. The predicted molar refractivity (Wildman–Crippen MR) is 50.7 cm³/mol. The molecular weight excluding hydrogens is 186 g/mol. The largest absolute Gasteiger partial charge is 0.481 e. The summed E-state index contributed by atoms with van der Waals surface area (Å²) in [4.78, 5) is 21.9. The molecule has 5 nitrogen and oxygen atoms in total. The Morgan fingerprint density at radius 1 is 1.43 bits per heavy atom. The van der Waals surface area contributed by atoms with Crippen LogP contribution in [0.15, 0.2) is 0 Å². The van der Waals surface area contributed by atoms with Crippen LogP contribution in [0, 0.1) is 5.41 Å². The molecule has 0 spiro atoms. The van der Waals surface area contributed by atoms with Crippen molar-refractivity contribution >= 4 is 11.9 Å². The zero-order valence-electron chi connectivity index (χ0n) is 8.70. The van der Waals surface area contributed by atoms with Crippen molar-refractivity contribution in [3.05, 3.63) is 0 Å². The van der Waals surface area contributed by atoms with Gasteiger partial charge in [-0.1, -0.05) is 0 Å². The molecule has 0 aromatic rings. The number of hydrogen-bond donors (Lipinski definition) is 3. The molecule has 0 saturated heterocycles. The van der Waals surface area contributed by atoms with Crippen molar-refractivity contribution in [3.8, 4) is 0 Å². The first kappa shape index (κ1) is 12.9. The minimum absolute atomic E-state index is 0.0906. The van der Waals surface area contributed by atoms with Crippen molar-refractivity contribution in [1.82, 2.24) is 5.32 Å². The summed E-state index contributed by atoms with van der Waals surface area (Å²) < 4.78 is 0. The highest BCUT2D eigenvalue weighted by Crippen LogP contribution is 2.19. The molecule has 0 rings (SSSR count). The van der Waals surface area contributed by atoms with E-state index in [9.17, 15) is 9.59 Å². The van der Waals surface area contributed by atoms with E-state index in [1.54, 1.807) is 6.92 Å². The van der Waals surface area contributed by atoms with Gasteiger partial charge in [-0.3, -0.25) is 9.59 Å². The standard InChI is InChI=1S/C9H17NO4/c1-6(5-11)10-7(12)4-9(2,3)8(13)14/h6,11H,4-5H2,1-3H3,(H,10,12)(H,13,14)/t6-/m1/s1. The van der Waals surface area contributed by atoms with Gasteiger partial charge in [0.25, 0.3) is 0 Å². The van der Waals surface area contributed by atoms with Crippen molar-refractivity contribution in [3.63, 3.8) is 0 Å². The lowest BCUT2D eigenvalue weighted by atomic mass is 9.89. The number of aliphatic hydroxyl groups excluding tert-OH is 1. The Morgan fingerprint density at radius 3 is 2.29 bits per heavy atom. The van der Waals surface area contributed by atoms with Gasteiger partial charge in [-0.15, -0.1) is 0 Å². The summed E-state index contributed by atoms with van der Waals surface area (Å²) in [5, 5.41) is 19.9. The van der Waals surface area contributed by atoms with Crippen LogP contribution in [-0.2, 0) is 9.59 Å². The van der Waals surface area contributed by atoms with Crippen LogP contribution in [0.1, 0.15) is 27.2 Å². The Morgan fingerprint density at radius 2 is 1.93 bits per heavy atom. The average Bonchev–Trinajstić information content (AvgIpc) is 2.02. The lowest BCUT2D eigenvalue weighted by molar-refractivity contribution is -0.149. The number of carboxylic acids is 1. The second-order valence-corrected chi connectivity index (χ2v) is 4.02. The minimum Gasteiger partial charge on any atom is -0.481 e. The number of aliphatic carboxylic acids is 1. The van der Waals surface area contributed by atoms with Gasteiger partial charge >= 0.3 is 5.97 Å². The third-order valence-electron chi connectivity index (χ3n) is 1.86. The zero-order chi connectivity index (χ0) is 11.4. The van der Waals surface area contributed by atoms with Crippen molar-refractivity contribution < 1.29 is 19.8 Å². The van der Waals surface area contributed by atoms with Crippen LogP contribution >= 0.6 is 0 Å². The van der Waals surface area contributed by atoms with Crippen LogP contribution in [0.25, 0.3) is 0 Å². The van der Waals surface area contributed by atoms with Gasteiger partial charge in [0.2, 0.25) is 5.91 Å². The summed E-state index contributed by atoms with van der Waals surface area (Å²) in [6.07, 6.45) is -0.0906. The smallest absolute Gasteiger partial charge is 0.309 e. The van der Waals surface area contributed by atoms with Crippen molar-refractivity contribution in [2.45, 2.75) is 33.2 Å². The normalized spacial score (nSPS) is 13.4. The van der Waals surface area contributed by atoms with Gasteiger partial charge in [-0.25, -0.2) is 0 Å². The molecule has 1 atom stereocenters. The molecule has 1 amide bonds. The van der Waals surface area contributed by atoms with Gasteiger partial charge in [0, 0.05) is 12.5 Å². The molecule has 5 heteroatoms. The Labute approximate surface area is 83.1 Å². The number of carbonyl (C=O) groups excluding carboxylic acids is 1. The Kier molecular flexibility index (Phi) is 4.56. The molecule has 0 heterocycles. The van der Waals surface area contributed by atoms with Gasteiger partial charge in [0.15, 0.2) is 0 Å². The van der Waals surface area contributed by atoms with E-state index in [0.29, 0.717) is 0 Å². The topological polar surface area (TPSA) is 86.6 Å². The van der Waals surface area contributed by atoms with Crippen LogP contribution in [-0.4, -0.2) is 34.7 Å². The minimum atomic E-state index is -1.07. The quantitative estimate of drug-likeness (QED) is 0.586. The third kappa shape index (κ3) is 4.23. The summed E-state index contributed by atoms with van der Waals surface area (Å²) in [6.45, 7) is 4.46. The summed E-state index contributed by atoms with van der Waals surface area (Å²) in [7, 11) is 0. The first-order valence-electron chi connectivity index (χ1n) is 4.43. The number of rotatable bonds is 5. The fraction of sp³-hybridized carbons (Fsp3) is 0.778. The summed E-state index contributed by atoms with van der Waals surface area (Å²) in [5.41, 5.74) is -1.07. The summed E-state index contributed by atoms with van der Waals surface area (Å²) in [6, 6.07) is -0.341. The van der Waals surface area contributed by atoms with Gasteiger partial charge < -0.3 is 15.5 Å². The van der Waals surface area contributed by atoms with Crippen molar-refractivity contribution in [1.29, 1.82) is 0 Å². The van der Waals surface area contributed by atoms with Gasteiger partial charge in [0.1, 0.15) is 0 Å². The number of hydrogen-bond acceptors (Lipinski definition) is 3. The summed E-state index contributed by atoms with van der Waals surface area (Å²) in [5.74, 6) is -1.37. The zero-order valence-corrected chi connectivity index (χ0v) is 8.70. The Balaban J connectivity index is 4.12. The summed E-state index contributed by atoms with van der Waals surface area (Å²) >= 11 is 0. The molecule has 0 aromatic carbocycles. The number of carbonyl (C=O) groups is 2. The highest BCUT2D eigenvalue weighted by Gasteiger charge is 2.30. The number of nitrogens with one attached hydrogen (secondary N) is 1. The van der Waals surface area contributed by atoms with E-state index in [0.717, 1.165) is 0 Å². The third-order valence-corrected chi connectivity index (χ3v) is 1.86. The van der Waals surface area contributed by atoms with Gasteiger partial charge in [0.05, 0.1) is 12.0 Å². The van der Waals surface area contributed by atoms with E-state index in [2.05, 4.69) is 5.32 Å². The number of aliphatic hydroxyl groups is 1. The Bertz CT molecular complexity index is 225.